The van der Waals surface area contributed by atoms with Crippen molar-refractivity contribution < 1.29 is 14.3 Å². The summed E-state index contributed by atoms with van der Waals surface area (Å²) in [7, 11) is 0. The van der Waals surface area contributed by atoms with Gasteiger partial charge in [0.1, 0.15) is 0 Å². The van der Waals surface area contributed by atoms with E-state index in [2.05, 4.69) is 19.2 Å². The number of rotatable bonds is 4. The first-order valence-electron chi connectivity index (χ1n) is 9.11. The largest absolute Gasteiger partial charge is 0.377 e. The smallest absolute Gasteiger partial charge is 0.322 e. The van der Waals surface area contributed by atoms with Gasteiger partial charge in [-0.1, -0.05) is 26.0 Å². The lowest BCUT2D eigenvalue weighted by atomic mass is 10.0. The maximum absolute atomic E-state index is 12.9. The Morgan fingerprint density at radius 1 is 1.32 bits per heavy atom. The molecular formula is C19H27N3O3. The van der Waals surface area contributed by atoms with Crippen molar-refractivity contribution in [1.29, 1.82) is 0 Å². The Balaban J connectivity index is 1.75. The monoisotopic (exact) mass is 345 g/mol. The second-order valence-corrected chi connectivity index (χ2v) is 7.15. The predicted octanol–water partition coefficient (Wildman–Crippen LogP) is 3.09. The fourth-order valence-corrected chi connectivity index (χ4v) is 3.57. The van der Waals surface area contributed by atoms with Crippen molar-refractivity contribution in [3.8, 4) is 0 Å². The Labute approximate surface area is 149 Å². The van der Waals surface area contributed by atoms with Crippen molar-refractivity contribution in [1.82, 2.24) is 4.90 Å². The molecule has 0 aromatic heterocycles. The van der Waals surface area contributed by atoms with E-state index >= 15 is 0 Å². The molecule has 0 saturated carbocycles. The minimum Gasteiger partial charge on any atom is -0.377 e. The molecule has 25 heavy (non-hydrogen) atoms. The molecule has 2 heterocycles. The summed E-state index contributed by atoms with van der Waals surface area (Å²) in [4.78, 5) is 28.6. The number of benzene rings is 1. The zero-order valence-corrected chi connectivity index (χ0v) is 15.0. The molecule has 1 N–H and O–H groups in total. The molecule has 2 aliphatic rings. The molecule has 3 amide bonds. The minimum atomic E-state index is -0.118. The number of carbonyl (C=O) groups is 2. The van der Waals surface area contributed by atoms with Crippen molar-refractivity contribution in [3.63, 3.8) is 0 Å². The van der Waals surface area contributed by atoms with E-state index in [9.17, 15) is 9.59 Å². The molecule has 6 nitrogen and oxygen atoms in total. The van der Waals surface area contributed by atoms with Gasteiger partial charge in [-0.25, -0.2) is 4.79 Å². The highest BCUT2D eigenvalue weighted by Gasteiger charge is 2.29. The van der Waals surface area contributed by atoms with Crippen molar-refractivity contribution in [2.24, 2.45) is 5.92 Å². The zero-order valence-electron chi connectivity index (χ0n) is 15.0. The molecule has 2 saturated heterocycles. The van der Waals surface area contributed by atoms with Crippen LogP contribution in [0.5, 0.6) is 0 Å². The van der Waals surface area contributed by atoms with Crippen LogP contribution >= 0.6 is 0 Å². The summed E-state index contributed by atoms with van der Waals surface area (Å²) < 4.78 is 5.56. The van der Waals surface area contributed by atoms with Gasteiger partial charge in [0.15, 0.2) is 0 Å². The summed E-state index contributed by atoms with van der Waals surface area (Å²) in [6, 6.07) is 7.50. The van der Waals surface area contributed by atoms with Gasteiger partial charge in [0.2, 0.25) is 5.91 Å². The van der Waals surface area contributed by atoms with Gasteiger partial charge in [-0.2, -0.15) is 0 Å². The molecule has 0 radical (unpaired) electrons. The quantitative estimate of drug-likeness (QED) is 0.912. The summed E-state index contributed by atoms with van der Waals surface area (Å²) >= 11 is 0. The lowest BCUT2D eigenvalue weighted by Gasteiger charge is -2.36. The Morgan fingerprint density at radius 3 is 2.84 bits per heavy atom. The molecule has 0 spiro atoms. The van der Waals surface area contributed by atoms with Crippen LogP contribution in [-0.2, 0) is 9.53 Å². The lowest BCUT2D eigenvalue weighted by Crippen LogP contribution is -2.50. The van der Waals surface area contributed by atoms with E-state index in [1.807, 2.05) is 29.2 Å². The molecule has 136 valence electrons. The summed E-state index contributed by atoms with van der Waals surface area (Å²) in [5, 5.41) is 3.02. The van der Waals surface area contributed by atoms with E-state index in [0.29, 0.717) is 44.3 Å². The van der Waals surface area contributed by atoms with Crippen LogP contribution in [0.4, 0.5) is 16.2 Å². The summed E-state index contributed by atoms with van der Waals surface area (Å²) in [6.45, 7) is 6.75. The molecule has 3 rings (SSSR count). The lowest BCUT2D eigenvalue weighted by molar-refractivity contribution is -0.117. The average molecular weight is 345 g/mol. The Bertz CT molecular complexity index is 632. The Morgan fingerprint density at radius 2 is 2.12 bits per heavy atom. The average Bonchev–Trinajstić information content (AvgIpc) is 3.01. The third kappa shape index (κ3) is 4.12. The molecule has 2 fully saturated rings. The van der Waals surface area contributed by atoms with Crippen LogP contribution in [-0.4, -0.2) is 49.2 Å². The first-order valence-corrected chi connectivity index (χ1v) is 9.11. The minimum absolute atomic E-state index is 0.0920. The van der Waals surface area contributed by atoms with E-state index < -0.39 is 0 Å². The highest BCUT2D eigenvalue weighted by atomic mass is 16.5. The van der Waals surface area contributed by atoms with Crippen LogP contribution in [0.3, 0.4) is 0 Å². The zero-order chi connectivity index (χ0) is 17.8. The summed E-state index contributed by atoms with van der Waals surface area (Å²) in [5.41, 5.74) is 1.48. The Kier molecular flexibility index (Phi) is 5.58. The fraction of sp³-hybridized carbons (Fsp3) is 0.579. The number of hydrogen-bond acceptors (Lipinski definition) is 3. The molecule has 1 aromatic carbocycles. The number of urea groups is 1. The second kappa shape index (κ2) is 7.87. The van der Waals surface area contributed by atoms with Crippen LogP contribution in [0.25, 0.3) is 0 Å². The van der Waals surface area contributed by atoms with Crippen LogP contribution < -0.4 is 10.2 Å². The van der Waals surface area contributed by atoms with Crippen molar-refractivity contribution in [2.45, 2.75) is 39.2 Å². The standard InChI is InChI=1S/C19H27N3O3/c1-14(2)12-15-13-25-11-10-21(15)19(24)20-16-6-3-4-7-17(16)22-9-5-8-18(22)23/h3-4,6-7,14-15H,5,8-13H2,1-2H3,(H,20,24)/t15-/m1/s1. The van der Waals surface area contributed by atoms with Gasteiger partial charge in [-0.05, 0) is 30.9 Å². The van der Waals surface area contributed by atoms with E-state index in [1.165, 1.54) is 0 Å². The number of nitrogens with one attached hydrogen (secondary N) is 1. The van der Waals surface area contributed by atoms with Crippen LogP contribution in [0, 0.1) is 5.92 Å². The van der Waals surface area contributed by atoms with Crippen LogP contribution in [0.15, 0.2) is 24.3 Å². The number of nitrogens with zero attached hydrogens (tertiary/aromatic N) is 2. The van der Waals surface area contributed by atoms with Gasteiger partial charge in [0.25, 0.3) is 0 Å². The number of amides is 3. The normalized spacial score (nSPS) is 21.1. The molecule has 1 aromatic rings. The number of carbonyl (C=O) groups excluding carboxylic acids is 2. The van der Waals surface area contributed by atoms with E-state index in [-0.39, 0.29) is 18.0 Å². The van der Waals surface area contributed by atoms with E-state index in [1.54, 1.807) is 4.90 Å². The number of para-hydroxylation sites is 2. The third-order valence-electron chi connectivity index (χ3n) is 4.74. The van der Waals surface area contributed by atoms with Gasteiger partial charge >= 0.3 is 6.03 Å². The van der Waals surface area contributed by atoms with Crippen molar-refractivity contribution >= 4 is 23.3 Å². The third-order valence-corrected chi connectivity index (χ3v) is 4.74. The number of anilines is 2. The van der Waals surface area contributed by atoms with Crippen LogP contribution in [0.1, 0.15) is 33.1 Å². The van der Waals surface area contributed by atoms with Gasteiger partial charge in [0.05, 0.1) is 30.6 Å². The second-order valence-electron chi connectivity index (χ2n) is 7.15. The SMILES string of the molecule is CC(C)C[C@@H]1COCCN1C(=O)Nc1ccccc1N1CCCC1=O. The van der Waals surface area contributed by atoms with E-state index in [0.717, 1.165) is 18.5 Å². The van der Waals surface area contributed by atoms with Crippen molar-refractivity contribution in [3.05, 3.63) is 24.3 Å². The van der Waals surface area contributed by atoms with Crippen molar-refractivity contribution in [2.75, 3.05) is 36.5 Å². The van der Waals surface area contributed by atoms with Crippen LogP contribution in [0.2, 0.25) is 0 Å². The molecule has 6 heteroatoms. The highest BCUT2D eigenvalue weighted by molar-refractivity contribution is 6.01. The molecule has 1 atom stereocenters. The number of hydrogen-bond donors (Lipinski definition) is 1. The first-order chi connectivity index (χ1) is 12.1. The van der Waals surface area contributed by atoms with E-state index in [4.69, 9.17) is 4.74 Å². The predicted molar refractivity (Wildman–Crippen MR) is 97.8 cm³/mol. The number of ether oxygens (including phenoxy) is 1. The molecule has 2 aliphatic heterocycles. The first kappa shape index (κ1) is 17.7. The van der Waals surface area contributed by atoms with Gasteiger partial charge in [0, 0.05) is 19.5 Å². The highest BCUT2D eigenvalue weighted by Crippen LogP contribution is 2.30. The summed E-state index contributed by atoms with van der Waals surface area (Å²) in [5.74, 6) is 0.613. The van der Waals surface area contributed by atoms with Gasteiger partial charge in [-0.3, -0.25) is 4.79 Å². The van der Waals surface area contributed by atoms with Gasteiger partial charge < -0.3 is 19.9 Å². The molecule has 0 aliphatic carbocycles. The topological polar surface area (TPSA) is 61.9 Å². The maximum Gasteiger partial charge on any atom is 0.322 e. The maximum atomic E-state index is 12.9. The molecule has 0 bridgehead atoms. The Hall–Kier alpha value is -2.08. The molecular weight excluding hydrogens is 318 g/mol. The summed E-state index contributed by atoms with van der Waals surface area (Å²) in [6.07, 6.45) is 2.35. The molecule has 0 unspecified atom stereocenters. The fourth-order valence-electron chi connectivity index (χ4n) is 3.57. The van der Waals surface area contributed by atoms with Gasteiger partial charge in [-0.15, -0.1) is 0 Å². The number of morpholine rings is 1.